The van der Waals surface area contributed by atoms with Gasteiger partial charge in [-0.2, -0.15) is 13.5 Å². The van der Waals surface area contributed by atoms with Gasteiger partial charge in [-0.3, -0.25) is 19.4 Å². The molecule has 4 heterocycles. The van der Waals surface area contributed by atoms with Crippen LogP contribution in [0.5, 0.6) is 11.5 Å². The maximum atomic E-state index is 13.9. The molecule has 12 nitrogen and oxygen atoms in total. The van der Waals surface area contributed by atoms with Crippen molar-refractivity contribution in [1.82, 2.24) is 4.90 Å². The Balaban J connectivity index is 0.00000183. The third-order valence-corrected chi connectivity index (χ3v) is 11.4. The highest BCUT2D eigenvalue weighted by molar-refractivity contribution is 6.35. The Labute approximate surface area is 344 Å². The monoisotopic (exact) mass is 841 g/mol. The Hall–Kier alpha value is -5.18. The van der Waals surface area contributed by atoms with Crippen LogP contribution in [-0.2, 0) is 27.3 Å². The molecule has 308 valence electrons. The van der Waals surface area contributed by atoms with Crippen molar-refractivity contribution in [3.05, 3.63) is 123 Å². The van der Waals surface area contributed by atoms with Gasteiger partial charge in [0.2, 0.25) is 0 Å². The van der Waals surface area contributed by atoms with Gasteiger partial charge < -0.3 is 29.6 Å². The van der Waals surface area contributed by atoms with Crippen molar-refractivity contribution in [2.24, 2.45) is 11.8 Å². The van der Waals surface area contributed by atoms with Gasteiger partial charge in [-0.15, -0.1) is 0 Å². The Morgan fingerprint density at radius 3 is 2.24 bits per heavy atom. The lowest BCUT2D eigenvalue weighted by molar-refractivity contribution is -0.605. The van der Waals surface area contributed by atoms with E-state index in [1.165, 1.54) is 18.2 Å². The number of halogens is 4. The lowest BCUT2D eigenvalue weighted by Gasteiger charge is -2.44. The van der Waals surface area contributed by atoms with Crippen molar-refractivity contribution in [3.63, 3.8) is 0 Å². The summed E-state index contributed by atoms with van der Waals surface area (Å²) in [6.45, 7) is -0.273. The number of rotatable bonds is 15. The highest BCUT2D eigenvalue weighted by atomic mass is 35.5. The van der Waals surface area contributed by atoms with E-state index in [1.807, 2.05) is 36.4 Å². The minimum Gasteiger partial charge on any atom is -0.619 e. The first-order chi connectivity index (χ1) is 27.9. The van der Waals surface area contributed by atoms with Crippen LogP contribution in [0.15, 0.2) is 85.2 Å². The third-order valence-electron chi connectivity index (χ3n) is 10.7. The molecule has 3 aromatic carbocycles. The summed E-state index contributed by atoms with van der Waals surface area (Å²) in [5.74, 6) is -2.85. The second-order valence-corrected chi connectivity index (χ2v) is 15.4. The molecular formula is C42H43Cl2F2N3O9. The van der Waals surface area contributed by atoms with Crippen molar-refractivity contribution < 1.29 is 52.3 Å². The lowest BCUT2D eigenvalue weighted by Crippen LogP contribution is -2.53. The summed E-state index contributed by atoms with van der Waals surface area (Å²) in [5, 5.41) is 30.0. The van der Waals surface area contributed by atoms with Crippen LogP contribution in [0, 0.1) is 17.0 Å². The Morgan fingerprint density at radius 2 is 1.64 bits per heavy atom. The van der Waals surface area contributed by atoms with Crippen molar-refractivity contribution >= 4 is 47.4 Å². The van der Waals surface area contributed by atoms with E-state index in [0.717, 1.165) is 51.2 Å². The number of hydrogen-bond donors (Lipinski definition) is 2. The van der Waals surface area contributed by atoms with E-state index in [4.69, 9.17) is 47.3 Å². The van der Waals surface area contributed by atoms with Gasteiger partial charge in [0.05, 0.1) is 19.1 Å². The van der Waals surface area contributed by atoms with Gasteiger partial charge in [0.25, 0.3) is 6.47 Å². The Bertz CT molecular complexity index is 2030. The fourth-order valence-corrected chi connectivity index (χ4v) is 8.25. The number of amides is 1. The number of aromatic nitrogens is 1. The molecule has 4 aromatic rings. The number of carbonyl (C=O) groups excluding carboxylic acids is 1. The van der Waals surface area contributed by atoms with Crippen LogP contribution in [0.25, 0.3) is 0 Å². The average molecular weight is 843 g/mol. The topological polar surface area (TPSA) is 153 Å². The van der Waals surface area contributed by atoms with Gasteiger partial charge in [-0.25, -0.2) is 4.79 Å². The molecule has 3 aliphatic heterocycles. The summed E-state index contributed by atoms with van der Waals surface area (Å²) in [6, 6.07) is 20.5. The number of carboxylic acids is 1. The first kappa shape index (κ1) is 42.4. The van der Waals surface area contributed by atoms with Gasteiger partial charge in [0.15, 0.2) is 23.9 Å². The van der Waals surface area contributed by atoms with Crippen molar-refractivity contribution in [2.75, 3.05) is 31.1 Å². The van der Waals surface area contributed by atoms with E-state index in [2.05, 4.69) is 4.90 Å². The molecule has 8 rings (SSSR count). The molecule has 1 saturated carbocycles. The van der Waals surface area contributed by atoms with E-state index in [0.29, 0.717) is 45.1 Å². The van der Waals surface area contributed by atoms with Crippen LogP contribution in [0.1, 0.15) is 59.8 Å². The zero-order chi connectivity index (χ0) is 41.3. The predicted molar refractivity (Wildman–Crippen MR) is 211 cm³/mol. The molecule has 0 radical (unpaired) electrons. The normalized spacial score (nSPS) is 19.3. The van der Waals surface area contributed by atoms with Gasteiger partial charge in [-0.1, -0.05) is 71.7 Å². The van der Waals surface area contributed by atoms with E-state index >= 15 is 0 Å². The fraction of sp³-hybridized carbons (Fsp3) is 0.381. The van der Waals surface area contributed by atoms with Gasteiger partial charge in [-0.05, 0) is 98.0 Å². The third kappa shape index (κ3) is 10.9. The fourth-order valence-electron chi connectivity index (χ4n) is 7.65. The maximum Gasteiger partial charge on any atom is 0.414 e. The molecule has 58 heavy (non-hydrogen) atoms. The van der Waals surface area contributed by atoms with Crippen LogP contribution in [-0.4, -0.2) is 72.6 Å². The number of ether oxygens (including phenoxy) is 3. The molecule has 0 spiro atoms. The SMILES string of the molecule is O=C(O)C(c1cccc(CN(C(=O)O[C@H]2CN3CCC2CC3)c2ccccc2)c1)[C@H](Cc1c(Cl)c[n+]([O-])cc1Cl)c1ccc(OC(F)F)c(OCC2CC2)c1.O=CO. The summed E-state index contributed by atoms with van der Waals surface area (Å²) in [6.07, 6.45) is 5.39. The number of aliphatic carboxylic acids is 1. The van der Waals surface area contributed by atoms with Crippen LogP contribution < -0.4 is 19.1 Å². The number of benzene rings is 3. The van der Waals surface area contributed by atoms with Gasteiger partial charge in [0, 0.05) is 23.7 Å². The smallest absolute Gasteiger partial charge is 0.414 e. The molecule has 1 aliphatic carbocycles. The zero-order valence-electron chi connectivity index (χ0n) is 31.3. The number of fused-ring (bicyclic) bond motifs is 3. The highest BCUT2D eigenvalue weighted by Crippen LogP contribution is 2.43. The quantitative estimate of drug-likeness (QED) is 0.0682. The number of pyridine rings is 1. The second-order valence-electron chi connectivity index (χ2n) is 14.6. The number of carbonyl (C=O) groups is 3. The Kier molecular flexibility index (Phi) is 14.3. The van der Waals surface area contributed by atoms with E-state index in [1.54, 1.807) is 23.1 Å². The maximum absolute atomic E-state index is 13.9. The minimum atomic E-state index is -3.11. The summed E-state index contributed by atoms with van der Waals surface area (Å²) in [5.41, 5.74) is 2.45. The van der Waals surface area contributed by atoms with Gasteiger partial charge >= 0.3 is 18.7 Å². The van der Waals surface area contributed by atoms with E-state index < -0.39 is 30.5 Å². The molecule has 4 fully saturated rings. The van der Waals surface area contributed by atoms with Crippen molar-refractivity contribution in [3.8, 4) is 11.5 Å². The average Bonchev–Trinajstić information content (AvgIpc) is 4.03. The minimum absolute atomic E-state index is 0.0354. The summed E-state index contributed by atoms with van der Waals surface area (Å²) in [7, 11) is 0. The highest BCUT2D eigenvalue weighted by Gasteiger charge is 2.38. The van der Waals surface area contributed by atoms with Crippen LogP contribution >= 0.6 is 23.2 Å². The van der Waals surface area contributed by atoms with E-state index in [-0.39, 0.29) is 59.6 Å². The Morgan fingerprint density at radius 1 is 0.948 bits per heavy atom. The second kappa shape index (κ2) is 19.5. The van der Waals surface area contributed by atoms with E-state index in [9.17, 15) is 28.7 Å². The molecule has 4 aliphatic rings. The summed E-state index contributed by atoms with van der Waals surface area (Å²) >= 11 is 13.1. The number of para-hydroxylation sites is 1. The number of anilines is 1. The van der Waals surface area contributed by atoms with Crippen LogP contribution in [0.2, 0.25) is 10.0 Å². The molecule has 1 amide bonds. The predicted octanol–water partition coefficient (Wildman–Crippen LogP) is 8.15. The largest absolute Gasteiger partial charge is 0.619 e. The molecule has 1 aromatic heterocycles. The summed E-state index contributed by atoms with van der Waals surface area (Å²) < 4.78 is 44.2. The molecule has 2 bridgehead atoms. The number of carboxylic acid groups (broad SMARTS) is 2. The standard InChI is InChI=1S/C41H41Cl2F2N3O7.CH2O2/c42-33-21-47(52)22-34(43)32(33)19-31(28-11-12-35(54-40(44)45)36(18-28)53-24-25-9-10-25)38(39(49)50)29-6-4-5-26(17-29)20-48(30-7-2-1-3-8-30)41(51)55-37-23-46-15-13-27(37)14-16-46;2-1-3/h1-8,11-12,17-18,21-22,25,27,31,37-38,40H,9-10,13-16,19-20,23-24H2,(H,49,50);1H,(H,2,3)/t31-,37+,38?;/m1./s1. The van der Waals surface area contributed by atoms with Crippen molar-refractivity contribution in [1.29, 1.82) is 0 Å². The van der Waals surface area contributed by atoms with Crippen LogP contribution in [0.3, 0.4) is 0 Å². The zero-order valence-corrected chi connectivity index (χ0v) is 32.8. The first-order valence-electron chi connectivity index (χ1n) is 18.9. The molecule has 16 heteroatoms. The molecule has 3 atom stereocenters. The van der Waals surface area contributed by atoms with Crippen LogP contribution in [0.4, 0.5) is 19.3 Å². The lowest BCUT2D eigenvalue weighted by atomic mass is 9.77. The van der Waals surface area contributed by atoms with Crippen molar-refractivity contribution in [2.45, 2.75) is 63.2 Å². The molecule has 2 N–H and O–H groups in total. The molecular weight excluding hydrogens is 799 g/mol. The van der Waals surface area contributed by atoms with Gasteiger partial charge in [0.1, 0.15) is 16.1 Å². The number of nitrogens with zero attached hydrogens (tertiary/aromatic N) is 3. The summed E-state index contributed by atoms with van der Waals surface area (Å²) in [4.78, 5) is 39.6. The molecule has 1 unspecified atom stereocenters. The number of piperidine rings is 3. The number of alkyl halides is 2. The number of hydrogen-bond acceptors (Lipinski definition) is 8. The molecule has 3 saturated heterocycles. The first-order valence-corrected chi connectivity index (χ1v) is 19.6.